The molecule has 2 nitrogen and oxygen atoms in total. The van der Waals surface area contributed by atoms with Gasteiger partial charge in [-0.15, -0.1) is 11.3 Å². The molecule has 0 aliphatic heterocycles. The number of aliphatic hydroxyl groups is 1. The Morgan fingerprint density at radius 2 is 1.95 bits per heavy atom. The minimum Gasteiger partial charge on any atom is -0.388 e. The molecule has 1 atom stereocenters. The average molecular weight is 273 g/mol. The number of rotatable bonds is 3. The lowest BCUT2D eigenvalue weighted by Crippen LogP contribution is -2.02. The molecule has 0 amide bonds. The van der Waals surface area contributed by atoms with E-state index in [1.807, 2.05) is 12.1 Å². The monoisotopic (exact) mass is 273 g/mol. The third-order valence-electron chi connectivity index (χ3n) is 3.14. The first-order valence-corrected chi connectivity index (χ1v) is 6.86. The van der Waals surface area contributed by atoms with E-state index >= 15 is 0 Å². The van der Waals surface area contributed by atoms with Crippen LogP contribution in [0.1, 0.15) is 16.5 Å². The van der Waals surface area contributed by atoms with Gasteiger partial charge in [0.15, 0.2) is 0 Å². The largest absolute Gasteiger partial charge is 0.388 e. The second-order valence-electron chi connectivity index (χ2n) is 4.37. The van der Waals surface area contributed by atoms with Crippen molar-refractivity contribution in [2.45, 2.75) is 12.5 Å². The molecule has 0 aliphatic carbocycles. The maximum atomic E-state index is 13.7. The molecule has 3 rings (SSSR count). The number of aliphatic hydroxyl groups excluding tert-OH is 1. The summed E-state index contributed by atoms with van der Waals surface area (Å²) in [5.41, 5.74) is 2.50. The Bertz CT molecular complexity index is 696. The van der Waals surface area contributed by atoms with Crippen LogP contribution >= 0.6 is 11.3 Å². The van der Waals surface area contributed by atoms with Gasteiger partial charge in [0.1, 0.15) is 5.82 Å². The van der Waals surface area contributed by atoms with Crippen molar-refractivity contribution in [3.63, 3.8) is 0 Å². The van der Waals surface area contributed by atoms with Crippen molar-refractivity contribution in [1.82, 2.24) is 4.98 Å². The van der Waals surface area contributed by atoms with Gasteiger partial charge in [-0.2, -0.15) is 0 Å². The van der Waals surface area contributed by atoms with Crippen molar-refractivity contribution < 1.29 is 9.50 Å². The van der Waals surface area contributed by atoms with Gasteiger partial charge in [-0.25, -0.2) is 4.39 Å². The number of halogens is 1. The van der Waals surface area contributed by atoms with Crippen LogP contribution in [0.2, 0.25) is 0 Å². The Labute approximate surface area is 114 Å². The fraction of sp³-hybridized carbons (Fsp3) is 0.133. The summed E-state index contributed by atoms with van der Waals surface area (Å²) in [4.78, 5) is 5.01. The molecule has 1 heterocycles. The van der Waals surface area contributed by atoms with Crippen molar-refractivity contribution >= 4 is 22.1 Å². The smallest absolute Gasteiger partial charge is 0.131 e. The van der Waals surface area contributed by atoms with Crippen molar-refractivity contribution in [3.8, 4) is 0 Å². The summed E-state index contributed by atoms with van der Waals surface area (Å²) < 4.78 is 13.7. The van der Waals surface area contributed by atoms with E-state index < -0.39 is 6.10 Å². The van der Waals surface area contributed by atoms with Gasteiger partial charge in [-0.05, 0) is 17.0 Å². The Kier molecular flexibility index (Phi) is 3.27. The number of nitrogens with zero attached hydrogens (tertiary/aromatic N) is 1. The molecule has 4 heteroatoms. The molecule has 0 spiro atoms. The van der Waals surface area contributed by atoms with Crippen LogP contribution in [-0.4, -0.2) is 10.1 Å². The first-order valence-electron chi connectivity index (χ1n) is 5.98. The summed E-state index contributed by atoms with van der Waals surface area (Å²) >= 11 is 1.51. The van der Waals surface area contributed by atoms with Gasteiger partial charge < -0.3 is 5.11 Å². The summed E-state index contributed by atoms with van der Waals surface area (Å²) in [6.07, 6.45) is 1.60. The van der Waals surface area contributed by atoms with E-state index in [2.05, 4.69) is 4.98 Å². The van der Waals surface area contributed by atoms with E-state index in [1.165, 1.54) is 17.4 Å². The maximum Gasteiger partial charge on any atom is 0.131 e. The zero-order chi connectivity index (χ0) is 13.2. The molecule has 0 fully saturated rings. The van der Waals surface area contributed by atoms with Crippen LogP contribution in [0.25, 0.3) is 10.8 Å². The first kappa shape index (κ1) is 12.3. The van der Waals surface area contributed by atoms with E-state index in [4.69, 9.17) is 0 Å². The Balaban J connectivity index is 2.03. The van der Waals surface area contributed by atoms with Gasteiger partial charge in [-0.1, -0.05) is 30.3 Å². The highest BCUT2D eigenvalue weighted by atomic mass is 32.1. The molecule has 0 bridgehead atoms. The number of hydrogen-bond donors (Lipinski definition) is 1. The van der Waals surface area contributed by atoms with Crippen LogP contribution in [0.3, 0.4) is 0 Å². The predicted octanol–water partition coefficient (Wildman–Crippen LogP) is 3.71. The van der Waals surface area contributed by atoms with Crippen LogP contribution < -0.4 is 0 Å². The predicted molar refractivity (Wildman–Crippen MR) is 74.7 cm³/mol. The van der Waals surface area contributed by atoms with E-state index in [1.54, 1.807) is 29.9 Å². The molecular formula is C15H12FNOS. The molecule has 1 unspecified atom stereocenters. The molecule has 3 aromatic rings. The van der Waals surface area contributed by atoms with Crippen molar-refractivity contribution in [3.05, 3.63) is 64.4 Å². The Morgan fingerprint density at radius 3 is 2.68 bits per heavy atom. The van der Waals surface area contributed by atoms with Gasteiger partial charge in [0.05, 0.1) is 11.6 Å². The van der Waals surface area contributed by atoms with Gasteiger partial charge in [-0.3, -0.25) is 4.98 Å². The highest BCUT2D eigenvalue weighted by Gasteiger charge is 2.14. The third kappa shape index (κ3) is 2.37. The fourth-order valence-corrected chi connectivity index (χ4v) is 2.85. The fourth-order valence-electron chi connectivity index (χ4n) is 2.22. The molecule has 1 N–H and O–H groups in total. The molecule has 1 aromatic heterocycles. The minimum absolute atomic E-state index is 0.260. The molecule has 96 valence electrons. The Hall–Kier alpha value is -1.78. The maximum absolute atomic E-state index is 13.7. The minimum atomic E-state index is -0.647. The van der Waals surface area contributed by atoms with Gasteiger partial charge in [0.25, 0.3) is 0 Å². The van der Waals surface area contributed by atoms with Crippen LogP contribution in [0, 0.1) is 5.82 Å². The quantitative estimate of drug-likeness (QED) is 0.789. The number of fused-ring (bicyclic) bond motifs is 1. The van der Waals surface area contributed by atoms with Gasteiger partial charge >= 0.3 is 0 Å². The summed E-state index contributed by atoms with van der Waals surface area (Å²) in [6, 6.07) is 10.3. The van der Waals surface area contributed by atoms with Crippen molar-refractivity contribution in [2.24, 2.45) is 0 Å². The van der Waals surface area contributed by atoms with E-state index in [9.17, 15) is 9.50 Å². The standard InChI is InChI=1S/C15H12FNOS/c16-14-6-5-13(11-3-1-2-4-12(11)14)15(18)7-10-8-17-9-19-10/h1-6,8-9,15,18H,7H2. The number of hydrogen-bond acceptors (Lipinski definition) is 3. The van der Waals surface area contributed by atoms with Crippen LogP contribution in [0.15, 0.2) is 48.1 Å². The summed E-state index contributed by atoms with van der Waals surface area (Å²) in [5, 5.41) is 11.6. The second-order valence-corrected chi connectivity index (χ2v) is 5.34. The first-order chi connectivity index (χ1) is 9.25. The third-order valence-corrected chi connectivity index (χ3v) is 3.94. The van der Waals surface area contributed by atoms with E-state index in [0.29, 0.717) is 11.8 Å². The molecule has 0 saturated carbocycles. The van der Waals surface area contributed by atoms with Crippen molar-refractivity contribution in [2.75, 3.05) is 0 Å². The molecule has 0 aliphatic rings. The highest BCUT2D eigenvalue weighted by Crippen LogP contribution is 2.29. The molecule has 19 heavy (non-hydrogen) atoms. The average Bonchev–Trinajstić information content (AvgIpc) is 2.92. The van der Waals surface area contributed by atoms with Crippen molar-refractivity contribution in [1.29, 1.82) is 0 Å². The summed E-state index contributed by atoms with van der Waals surface area (Å²) in [6.45, 7) is 0. The lowest BCUT2D eigenvalue weighted by atomic mass is 9.98. The topological polar surface area (TPSA) is 33.1 Å². The molecular weight excluding hydrogens is 261 g/mol. The second kappa shape index (κ2) is 5.07. The zero-order valence-corrected chi connectivity index (χ0v) is 10.9. The number of thiazole rings is 1. The molecule has 2 aromatic carbocycles. The van der Waals surface area contributed by atoms with E-state index in [-0.39, 0.29) is 5.82 Å². The summed E-state index contributed by atoms with van der Waals surface area (Å²) in [7, 11) is 0. The van der Waals surface area contributed by atoms with E-state index in [0.717, 1.165) is 15.8 Å². The summed E-state index contributed by atoms with van der Waals surface area (Å²) in [5.74, 6) is -0.260. The highest BCUT2D eigenvalue weighted by molar-refractivity contribution is 7.09. The molecule has 0 saturated heterocycles. The lowest BCUT2D eigenvalue weighted by molar-refractivity contribution is 0.181. The van der Waals surface area contributed by atoms with Gasteiger partial charge in [0.2, 0.25) is 0 Å². The number of benzene rings is 2. The van der Waals surface area contributed by atoms with Crippen LogP contribution in [0.5, 0.6) is 0 Å². The van der Waals surface area contributed by atoms with Crippen LogP contribution in [0.4, 0.5) is 4.39 Å². The van der Waals surface area contributed by atoms with Gasteiger partial charge in [0, 0.05) is 22.9 Å². The zero-order valence-electron chi connectivity index (χ0n) is 10.1. The number of aromatic nitrogens is 1. The lowest BCUT2D eigenvalue weighted by Gasteiger charge is -2.13. The molecule has 0 radical (unpaired) electrons. The SMILES string of the molecule is OC(Cc1cncs1)c1ccc(F)c2ccccc12. The Morgan fingerprint density at radius 1 is 1.16 bits per heavy atom. The normalized spacial score (nSPS) is 12.7. The van der Waals surface area contributed by atoms with Crippen LogP contribution in [-0.2, 0) is 6.42 Å².